The molecule has 4 heteroatoms. The maximum Gasteiger partial charge on any atom is 0.246 e. The Bertz CT molecular complexity index is 242. The van der Waals surface area contributed by atoms with Crippen molar-refractivity contribution in [1.82, 2.24) is 10.2 Å². The Labute approximate surface area is 92.8 Å². The summed E-state index contributed by atoms with van der Waals surface area (Å²) < 4.78 is 0. The first kappa shape index (κ1) is 13.7. The molecule has 0 aromatic heterocycles. The summed E-state index contributed by atoms with van der Waals surface area (Å²) in [5, 5.41) is 2.74. The maximum atomic E-state index is 11.4. The molecular formula is C11H22N2O2. The molecule has 4 nitrogen and oxygen atoms in total. The molecule has 0 bridgehead atoms. The molecule has 15 heavy (non-hydrogen) atoms. The molecule has 1 N–H and O–H groups in total. The van der Waals surface area contributed by atoms with E-state index in [0.717, 1.165) is 6.42 Å². The molecule has 0 heterocycles. The third-order valence-electron chi connectivity index (χ3n) is 1.76. The van der Waals surface area contributed by atoms with Gasteiger partial charge in [-0.05, 0) is 26.3 Å². The van der Waals surface area contributed by atoms with Gasteiger partial charge >= 0.3 is 0 Å². The summed E-state index contributed by atoms with van der Waals surface area (Å²) in [7, 11) is 0. The number of hydrogen-bond acceptors (Lipinski definition) is 2. The lowest BCUT2D eigenvalue weighted by Crippen LogP contribution is -2.42. The molecule has 88 valence electrons. The lowest BCUT2D eigenvalue weighted by atomic mass is 10.3. The molecule has 0 fully saturated rings. The molecule has 0 saturated carbocycles. The van der Waals surface area contributed by atoms with Crippen LogP contribution in [-0.4, -0.2) is 35.8 Å². The molecule has 0 aromatic carbocycles. The van der Waals surface area contributed by atoms with Crippen LogP contribution < -0.4 is 5.32 Å². The zero-order chi connectivity index (χ0) is 11.8. The van der Waals surface area contributed by atoms with Crippen LogP contribution >= 0.6 is 0 Å². The van der Waals surface area contributed by atoms with Crippen LogP contribution in [0.4, 0.5) is 0 Å². The van der Waals surface area contributed by atoms with E-state index in [1.807, 2.05) is 20.8 Å². The zero-order valence-corrected chi connectivity index (χ0v) is 9.75. The number of nitrogens with zero attached hydrogens (tertiary/aromatic N) is 1. The Morgan fingerprint density at radius 3 is 2.53 bits per heavy atom. The van der Waals surface area contributed by atoms with Crippen LogP contribution in [-0.2, 0) is 9.59 Å². The topological polar surface area (TPSA) is 49.4 Å². The monoisotopic (exact) mass is 214 g/mol. The Morgan fingerprint density at radius 1 is 1.53 bits per heavy atom. The highest BCUT2D eigenvalue weighted by Crippen LogP contribution is 1.94. The molecule has 0 rings (SSSR count). The van der Waals surface area contributed by atoms with E-state index in [1.165, 1.54) is 11.0 Å². The molecule has 0 aliphatic carbocycles. The molecule has 0 saturated heterocycles. The van der Waals surface area contributed by atoms with Crippen LogP contribution in [0.25, 0.3) is 0 Å². The van der Waals surface area contributed by atoms with Crippen molar-refractivity contribution in [3.63, 3.8) is 0 Å². The van der Waals surface area contributed by atoms with E-state index in [-0.39, 0.29) is 25.8 Å². The minimum Gasteiger partial charge on any atom is -0.352 e. The van der Waals surface area contributed by atoms with Gasteiger partial charge in [-0.3, -0.25) is 9.59 Å². The minimum absolute atomic E-state index is 0. The predicted molar refractivity (Wildman–Crippen MR) is 62.5 cm³/mol. The molecule has 0 aromatic rings. The highest BCUT2D eigenvalue weighted by Gasteiger charge is 2.13. The van der Waals surface area contributed by atoms with Gasteiger partial charge in [0.2, 0.25) is 11.8 Å². The van der Waals surface area contributed by atoms with E-state index < -0.39 is 0 Å². The van der Waals surface area contributed by atoms with Crippen LogP contribution in [0.2, 0.25) is 0 Å². The fourth-order valence-corrected chi connectivity index (χ4v) is 1.21. The average molecular weight is 214 g/mol. The van der Waals surface area contributed by atoms with Gasteiger partial charge in [-0.2, -0.15) is 0 Å². The van der Waals surface area contributed by atoms with Crippen molar-refractivity contribution < 1.29 is 11.0 Å². The first-order valence-electron chi connectivity index (χ1n) is 5.22. The maximum absolute atomic E-state index is 11.4. The summed E-state index contributed by atoms with van der Waals surface area (Å²) >= 11 is 0. The number of nitrogens with one attached hydrogen (secondary N) is 1. The lowest BCUT2D eigenvalue weighted by Gasteiger charge is -2.20. The number of amides is 2. The van der Waals surface area contributed by atoms with Gasteiger partial charge in [-0.1, -0.05) is 13.5 Å². The highest BCUT2D eigenvalue weighted by molar-refractivity contribution is 5.90. The molecule has 0 aliphatic rings. The van der Waals surface area contributed by atoms with Crippen molar-refractivity contribution in [2.24, 2.45) is 0 Å². The molecule has 0 spiro atoms. The van der Waals surface area contributed by atoms with Gasteiger partial charge in [0.05, 0.1) is 6.54 Å². The first-order chi connectivity index (χ1) is 7.01. The third kappa shape index (κ3) is 5.88. The average Bonchev–Trinajstić information content (AvgIpc) is 2.14. The van der Waals surface area contributed by atoms with Gasteiger partial charge in [-0.25, -0.2) is 0 Å². The smallest absolute Gasteiger partial charge is 0.246 e. The van der Waals surface area contributed by atoms with Gasteiger partial charge < -0.3 is 10.2 Å². The third-order valence-corrected chi connectivity index (χ3v) is 1.76. The van der Waals surface area contributed by atoms with E-state index in [4.69, 9.17) is 0 Å². The van der Waals surface area contributed by atoms with Crippen molar-refractivity contribution in [1.29, 1.82) is 0 Å². The standard InChI is InChI=1S/C11H20N2O2.H2/c1-5-7-13(11(15)6-2)8-10(14)12-9(3)4;/h6,9H,2,5,7-8H2,1,3-4H3,(H,12,14);1H. The quantitative estimate of drug-likeness (QED) is 0.675. The lowest BCUT2D eigenvalue weighted by molar-refractivity contribution is -0.132. The first-order valence-corrected chi connectivity index (χ1v) is 5.22. The number of hydrogen-bond donors (Lipinski definition) is 1. The fourth-order valence-electron chi connectivity index (χ4n) is 1.21. The SMILES string of the molecule is C=CC(=O)N(CCC)CC(=O)NC(C)C.[HH]. The van der Waals surface area contributed by atoms with Crippen LogP contribution in [0, 0.1) is 0 Å². The molecule has 0 unspecified atom stereocenters. The van der Waals surface area contributed by atoms with Crippen LogP contribution in [0.15, 0.2) is 12.7 Å². The summed E-state index contributed by atoms with van der Waals surface area (Å²) in [6, 6.07) is 0.0970. The van der Waals surface area contributed by atoms with Crippen molar-refractivity contribution in [2.75, 3.05) is 13.1 Å². The Morgan fingerprint density at radius 2 is 2.13 bits per heavy atom. The van der Waals surface area contributed by atoms with Crippen molar-refractivity contribution >= 4 is 11.8 Å². The van der Waals surface area contributed by atoms with E-state index in [0.29, 0.717) is 6.54 Å². The van der Waals surface area contributed by atoms with E-state index in [2.05, 4.69) is 11.9 Å². The van der Waals surface area contributed by atoms with Crippen molar-refractivity contribution in [3.05, 3.63) is 12.7 Å². The zero-order valence-electron chi connectivity index (χ0n) is 9.75. The largest absolute Gasteiger partial charge is 0.352 e. The highest BCUT2D eigenvalue weighted by atomic mass is 16.2. The number of carbonyl (C=O) groups excluding carboxylic acids is 2. The second kappa shape index (κ2) is 7.04. The second-order valence-electron chi connectivity index (χ2n) is 3.69. The molecular weight excluding hydrogens is 192 g/mol. The van der Waals surface area contributed by atoms with E-state index >= 15 is 0 Å². The second-order valence-corrected chi connectivity index (χ2v) is 3.69. The minimum atomic E-state index is -0.198. The number of rotatable bonds is 6. The van der Waals surface area contributed by atoms with Gasteiger partial charge in [0.1, 0.15) is 0 Å². The molecule has 0 radical (unpaired) electrons. The summed E-state index contributed by atoms with van der Waals surface area (Å²) in [4.78, 5) is 24.3. The van der Waals surface area contributed by atoms with E-state index in [1.54, 1.807) is 0 Å². The molecule has 0 atom stereocenters. The summed E-state index contributed by atoms with van der Waals surface area (Å²) in [6.45, 7) is 9.83. The van der Waals surface area contributed by atoms with Crippen LogP contribution in [0.3, 0.4) is 0 Å². The normalized spacial score (nSPS) is 9.87. The Balaban J connectivity index is 0. The van der Waals surface area contributed by atoms with Gasteiger partial charge in [0.15, 0.2) is 0 Å². The predicted octanol–water partition coefficient (Wildman–Crippen LogP) is 1.18. The summed E-state index contributed by atoms with van der Waals surface area (Å²) in [5.41, 5.74) is 0. The summed E-state index contributed by atoms with van der Waals surface area (Å²) in [5.74, 6) is -0.329. The molecule has 2 amide bonds. The Kier molecular flexibility index (Phi) is 6.42. The van der Waals surface area contributed by atoms with Gasteiger partial charge in [-0.15, -0.1) is 0 Å². The van der Waals surface area contributed by atoms with Gasteiger partial charge in [0, 0.05) is 14.0 Å². The van der Waals surface area contributed by atoms with Crippen molar-refractivity contribution in [3.8, 4) is 0 Å². The number of carbonyl (C=O) groups is 2. The van der Waals surface area contributed by atoms with Gasteiger partial charge in [0.25, 0.3) is 0 Å². The van der Waals surface area contributed by atoms with Crippen molar-refractivity contribution in [2.45, 2.75) is 33.2 Å². The van der Waals surface area contributed by atoms with Crippen LogP contribution in [0.1, 0.15) is 28.6 Å². The van der Waals surface area contributed by atoms with Crippen LogP contribution in [0.5, 0.6) is 0 Å². The Hall–Kier alpha value is -1.32. The summed E-state index contributed by atoms with van der Waals surface area (Å²) in [6.07, 6.45) is 2.06. The van der Waals surface area contributed by atoms with E-state index in [9.17, 15) is 9.59 Å². The molecule has 0 aliphatic heterocycles. The fraction of sp³-hybridized carbons (Fsp3) is 0.636.